The van der Waals surface area contributed by atoms with Crippen LogP contribution in [-0.4, -0.2) is 37.1 Å². The van der Waals surface area contributed by atoms with Crippen LogP contribution in [0.4, 0.5) is 11.4 Å². The highest BCUT2D eigenvalue weighted by Gasteiger charge is 2.32. The number of hydrogen-bond acceptors (Lipinski definition) is 6. The van der Waals surface area contributed by atoms with Crippen molar-refractivity contribution in [3.63, 3.8) is 0 Å². The molecule has 4 rings (SSSR count). The van der Waals surface area contributed by atoms with Gasteiger partial charge in [-0.1, -0.05) is 60.7 Å². The van der Waals surface area contributed by atoms with Crippen LogP contribution in [0.15, 0.2) is 90.0 Å². The van der Waals surface area contributed by atoms with Gasteiger partial charge in [0, 0.05) is 12.1 Å². The highest BCUT2D eigenvalue weighted by molar-refractivity contribution is 6.43. The SMILES string of the molecule is COC(=O)CNC(=O)Cc1ccc(NC(=O)C2=NN(c3ccccc3)C(c3ccccc3)C2)cc1. The van der Waals surface area contributed by atoms with Crippen LogP contribution in [0.25, 0.3) is 0 Å². The second-order valence-corrected chi connectivity index (χ2v) is 8.04. The molecule has 3 aromatic rings. The van der Waals surface area contributed by atoms with Crippen molar-refractivity contribution >= 4 is 34.9 Å². The fourth-order valence-corrected chi connectivity index (χ4v) is 3.80. The highest BCUT2D eigenvalue weighted by atomic mass is 16.5. The zero-order valence-electron chi connectivity index (χ0n) is 19.3. The second-order valence-electron chi connectivity index (χ2n) is 8.04. The quantitative estimate of drug-likeness (QED) is 0.491. The van der Waals surface area contributed by atoms with E-state index < -0.39 is 5.97 Å². The molecule has 0 saturated heterocycles. The van der Waals surface area contributed by atoms with Gasteiger partial charge in [-0.25, -0.2) is 0 Å². The lowest BCUT2D eigenvalue weighted by Crippen LogP contribution is -2.31. The van der Waals surface area contributed by atoms with Crippen molar-refractivity contribution < 1.29 is 19.1 Å². The molecule has 0 spiro atoms. The number of methoxy groups -OCH3 is 1. The average Bonchev–Trinajstić information content (AvgIpc) is 3.35. The van der Waals surface area contributed by atoms with Crippen LogP contribution in [0, 0.1) is 0 Å². The largest absolute Gasteiger partial charge is 0.468 e. The average molecular weight is 471 g/mol. The van der Waals surface area contributed by atoms with Crippen LogP contribution in [0.5, 0.6) is 0 Å². The van der Waals surface area contributed by atoms with Gasteiger partial charge in [-0.15, -0.1) is 0 Å². The first-order valence-electron chi connectivity index (χ1n) is 11.2. The van der Waals surface area contributed by atoms with Crippen molar-refractivity contribution in [3.05, 3.63) is 96.1 Å². The number of anilines is 2. The number of carbonyl (C=O) groups excluding carboxylic acids is 3. The van der Waals surface area contributed by atoms with Gasteiger partial charge >= 0.3 is 5.97 Å². The summed E-state index contributed by atoms with van der Waals surface area (Å²) in [6.07, 6.45) is 0.589. The van der Waals surface area contributed by atoms with Gasteiger partial charge in [0.15, 0.2) is 0 Å². The Morgan fingerprint density at radius 2 is 1.60 bits per heavy atom. The van der Waals surface area contributed by atoms with Crippen LogP contribution >= 0.6 is 0 Å². The summed E-state index contributed by atoms with van der Waals surface area (Å²) in [5, 5.41) is 11.9. The Bertz CT molecular complexity index is 1210. The number of carbonyl (C=O) groups is 3. The number of nitrogens with zero attached hydrogens (tertiary/aromatic N) is 2. The molecular formula is C27H26N4O4. The first-order valence-corrected chi connectivity index (χ1v) is 11.2. The minimum absolute atomic E-state index is 0.0785. The monoisotopic (exact) mass is 470 g/mol. The number of rotatable bonds is 8. The third-order valence-corrected chi connectivity index (χ3v) is 5.61. The minimum Gasteiger partial charge on any atom is -0.468 e. The Labute approximate surface area is 203 Å². The maximum absolute atomic E-state index is 13.0. The van der Waals surface area contributed by atoms with Gasteiger partial charge in [-0.05, 0) is 35.4 Å². The van der Waals surface area contributed by atoms with E-state index in [9.17, 15) is 14.4 Å². The van der Waals surface area contributed by atoms with Crippen molar-refractivity contribution in [2.75, 3.05) is 24.0 Å². The number of nitrogens with one attached hydrogen (secondary N) is 2. The Morgan fingerprint density at radius 3 is 2.26 bits per heavy atom. The minimum atomic E-state index is -0.508. The molecule has 0 radical (unpaired) electrons. The number of amides is 2. The smallest absolute Gasteiger partial charge is 0.325 e. The maximum Gasteiger partial charge on any atom is 0.325 e. The normalized spacial score (nSPS) is 14.7. The van der Waals surface area contributed by atoms with Gasteiger partial charge in [-0.2, -0.15) is 5.10 Å². The first-order chi connectivity index (χ1) is 17.0. The highest BCUT2D eigenvalue weighted by Crippen LogP contribution is 2.35. The number of para-hydroxylation sites is 1. The van der Waals surface area contributed by atoms with E-state index in [-0.39, 0.29) is 30.8 Å². The number of hydrazone groups is 1. The summed E-state index contributed by atoms with van der Waals surface area (Å²) < 4.78 is 4.50. The van der Waals surface area contributed by atoms with Crippen molar-refractivity contribution in [2.45, 2.75) is 18.9 Å². The van der Waals surface area contributed by atoms with Crippen molar-refractivity contribution in [3.8, 4) is 0 Å². The van der Waals surface area contributed by atoms with E-state index in [1.165, 1.54) is 7.11 Å². The van der Waals surface area contributed by atoms with Crippen molar-refractivity contribution in [1.82, 2.24) is 5.32 Å². The number of benzene rings is 3. The van der Waals surface area contributed by atoms with Crippen LogP contribution in [0.3, 0.4) is 0 Å². The lowest BCUT2D eigenvalue weighted by atomic mass is 10.0. The molecule has 1 unspecified atom stereocenters. The molecule has 0 saturated carbocycles. The molecule has 0 aliphatic carbocycles. The van der Waals surface area contributed by atoms with E-state index in [1.54, 1.807) is 24.3 Å². The molecule has 2 N–H and O–H groups in total. The van der Waals surface area contributed by atoms with Gasteiger partial charge in [0.2, 0.25) is 5.91 Å². The predicted molar refractivity (Wildman–Crippen MR) is 134 cm³/mol. The molecule has 1 atom stereocenters. The van der Waals surface area contributed by atoms with Gasteiger partial charge < -0.3 is 15.4 Å². The number of hydrogen-bond donors (Lipinski definition) is 2. The summed E-state index contributed by atoms with van der Waals surface area (Å²) in [6.45, 7) is -0.171. The summed E-state index contributed by atoms with van der Waals surface area (Å²) in [6, 6.07) is 26.7. The molecule has 1 heterocycles. The molecule has 1 aliphatic rings. The van der Waals surface area contributed by atoms with Gasteiger partial charge in [0.05, 0.1) is 25.3 Å². The first kappa shape index (κ1) is 23.7. The molecule has 1 aliphatic heterocycles. The zero-order chi connectivity index (χ0) is 24.6. The van der Waals surface area contributed by atoms with Crippen LogP contribution in [0.2, 0.25) is 0 Å². The summed E-state index contributed by atoms with van der Waals surface area (Å²) in [5.74, 6) is -1.07. The topological polar surface area (TPSA) is 100 Å². The van der Waals surface area contributed by atoms with E-state index in [2.05, 4.69) is 20.5 Å². The van der Waals surface area contributed by atoms with E-state index in [1.807, 2.05) is 65.7 Å². The summed E-state index contributed by atoms with van der Waals surface area (Å²) >= 11 is 0. The molecule has 178 valence electrons. The molecule has 2 amide bonds. The predicted octanol–water partition coefficient (Wildman–Crippen LogP) is 3.46. The molecule has 0 fully saturated rings. The third kappa shape index (κ3) is 6.11. The van der Waals surface area contributed by atoms with E-state index in [0.717, 1.165) is 16.8 Å². The molecular weight excluding hydrogens is 444 g/mol. The lowest BCUT2D eigenvalue weighted by Gasteiger charge is -2.23. The third-order valence-electron chi connectivity index (χ3n) is 5.61. The summed E-state index contributed by atoms with van der Waals surface area (Å²) in [7, 11) is 1.26. The summed E-state index contributed by atoms with van der Waals surface area (Å²) in [4.78, 5) is 36.1. The van der Waals surface area contributed by atoms with Crippen molar-refractivity contribution in [2.24, 2.45) is 5.10 Å². The summed E-state index contributed by atoms with van der Waals surface area (Å²) in [5.41, 5.74) is 3.79. The molecule has 8 nitrogen and oxygen atoms in total. The van der Waals surface area contributed by atoms with Gasteiger partial charge in [0.1, 0.15) is 12.3 Å². The van der Waals surface area contributed by atoms with Gasteiger partial charge in [-0.3, -0.25) is 19.4 Å². The Kier molecular flexibility index (Phi) is 7.52. The lowest BCUT2D eigenvalue weighted by molar-refractivity contribution is -0.141. The zero-order valence-corrected chi connectivity index (χ0v) is 19.3. The fraction of sp³-hybridized carbons (Fsp3) is 0.185. The molecule has 3 aromatic carbocycles. The number of ether oxygens (including phenoxy) is 1. The maximum atomic E-state index is 13.0. The number of esters is 1. The molecule has 8 heteroatoms. The molecule has 0 aromatic heterocycles. The van der Waals surface area contributed by atoms with E-state index >= 15 is 0 Å². The standard InChI is InChI=1S/C27H26N4O4/c1-35-26(33)18-28-25(32)16-19-12-14-21(15-13-19)29-27(34)23-17-24(20-8-4-2-5-9-20)31(30-23)22-10-6-3-7-11-22/h2-15,24H,16-18H2,1H3,(H,28,32)(H,29,34). The van der Waals surface area contributed by atoms with Crippen LogP contribution in [-0.2, 0) is 25.5 Å². The Hall–Kier alpha value is -4.46. The van der Waals surface area contributed by atoms with Crippen LogP contribution in [0.1, 0.15) is 23.6 Å². The fourth-order valence-electron chi connectivity index (χ4n) is 3.80. The van der Waals surface area contributed by atoms with Gasteiger partial charge in [0.25, 0.3) is 5.91 Å². The molecule has 0 bridgehead atoms. The molecule has 35 heavy (non-hydrogen) atoms. The van der Waals surface area contributed by atoms with E-state index in [4.69, 9.17) is 0 Å². The Balaban J connectivity index is 1.42. The van der Waals surface area contributed by atoms with Crippen LogP contribution < -0.4 is 15.6 Å². The van der Waals surface area contributed by atoms with E-state index in [0.29, 0.717) is 17.8 Å². The second kappa shape index (κ2) is 11.1. The van der Waals surface area contributed by atoms with Crippen molar-refractivity contribution in [1.29, 1.82) is 0 Å². The Morgan fingerprint density at radius 1 is 0.943 bits per heavy atom.